The third-order valence-corrected chi connectivity index (χ3v) is 4.92. The fourth-order valence-corrected chi connectivity index (χ4v) is 3.45. The molecule has 1 aliphatic rings. The summed E-state index contributed by atoms with van der Waals surface area (Å²) in [6.07, 6.45) is 3.73. The molecule has 3 nitrogen and oxygen atoms in total. The lowest BCUT2D eigenvalue weighted by atomic mass is 10.0. The molecule has 0 bridgehead atoms. The molecule has 1 aromatic rings. The minimum Gasteiger partial charge on any atom is -0.313 e. The minimum absolute atomic E-state index is 0.332. The van der Waals surface area contributed by atoms with Gasteiger partial charge in [-0.05, 0) is 58.6 Å². The molecule has 0 aromatic heterocycles. The number of likely N-dealkylation sites (tertiary alicyclic amines) is 1. The van der Waals surface area contributed by atoms with Gasteiger partial charge in [0.2, 0.25) is 0 Å². The number of rotatable bonds is 6. The Morgan fingerprint density at radius 3 is 2.81 bits per heavy atom. The lowest BCUT2D eigenvalue weighted by Crippen LogP contribution is -2.45. The number of piperidine rings is 1. The maximum absolute atomic E-state index is 6.32. The van der Waals surface area contributed by atoms with Gasteiger partial charge in [-0.2, -0.15) is 0 Å². The van der Waals surface area contributed by atoms with Gasteiger partial charge in [0.05, 0.1) is 0 Å². The molecule has 1 aromatic carbocycles. The Morgan fingerprint density at radius 1 is 1.38 bits per heavy atom. The molecule has 1 aliphatic heterocycles. The summed E-state index contributed by atoms with van der Waals surface area (Å²) in [4.78, 5) is 4.95. The van der Waals surface area contributed by atoms with E-state index in [1.54, 1.807) is 0 Å². The molecule has 2 unspecified atom stereocenters. The summed E-state index contributed by atoms with van der Waals surface area (Å²) < 4.78 is 0. The van der Waals surface area contributed by atoms with Crippen molar-refractivity contribution >= 4 is 11.6 Å². The highest BCUT2D eigenvalue weighted by molar-refractivity contribution is 6.31. The molecule has 0 amide bonds. The Labute approximate surface area is 134 Å². The highest BCUT2D eigenvalue weighted by Crippen LogP contribution is 2.25. The predicted octanol–water partition coefficient (Wildman–Crippen LogP) is 3.02. The Balaban J connectivity index is 1.90. The van der Waals surface area contributed by atoms with E-state index < -0.39 is 0 Å². The number of halogens is 1. The normalized spacial score (nSPS) is 21.7. The van der Waals surface area contributed by atoms with Crippen LogP contribution in [-0.4, -0.2) is 56.6 Å². The Morgan fingerprint density at radius 2 is 2.14 bits per heavy atom. The van der Waals surface area contributed by atoms with Gasteiger partial charge in [0, 0.05) is 30.2 Å². The van der Waals surface area contributed by atoms with Crippen LogP contribution < -0.4 is 5.32 Å². The van der Waals surface area contributed by atoms with Crippen LogP contribution in [-0.2, 0) is 0 Å². The van der Waals surface area contributed by atoms with Gasteiger partial charge < -0.3 is 15.1 Å². The molecule has 4 heteroatoms. The summed E-state index contributed by atoms with van der Waals surface area (Å²) in [6, 6.07) is 9.19. The van der Waals surface area contributed by atoms with Crippen LogP contribution in [0.5, 0.6) is 0 Å². The van der Waals surface area contributed by atoms with Crippen molar-refractivity contribution in [3.8, 4) is 0 Å². The molecule has 2 rings (SSSR count). The fraction of sp³-hybridized carbons (Fsp3) is 0.647. The third kappa shape index (κ3) is 4.68. The second-order valence-electron chi connectivity index (χ2n) is 6.21. The van der Waals surface area contributed by atoms with Gasteiger partial charge in [-0.3, -0.25) is 0 Å². The summed E-state index contributed by atoms with van der Waals surface area (Å²) >= 11 is 6.32. The molecule has 2 atom stereocenters. The van der Waals surface area contributed by atoms with Gasteiger partial charge in [-0.25, -0.2) is 0 Å². The van der Waals surface area contributed by atoms with E-state index in [1.165, 1.54) is 31.5 Å². The van der Waals surface area contributed by atoms with Crippen LogP contribution in [0.2, 0.25) is 5.02 Å². The van der Waals surface area contributed by atoms with Crippen LogP contribution in [0.4, 0.5) is 0 Å². The zero-order valence-corrected chi connectivity index (χ0v) is 14.2. The van der Waals surface area contributed by atoms with Crippen LogP contribution in [0.3, 0.4) is 0 Å². The average Bonchev–Trinajstić information content (AvgIpc) is 2.50. The maximum atomic E-state index is 6.32. The predicted molar refractivity (Wildman–Crippen MR) is 91.0 cm³/mol. The van der Waals surface area contributed by atoms with E-state index in [2.05, 4.69) is 41.3 Å². The zero-order valence-electron chi connectivity index (χ0n) is 13.5. The summed E-state index contributed by atoms with van der Waals surface area (Å²) in [5.41, 5.74) is 1.21. The van der Waals surface area contributed by atoms with Crippen LogP contribution in [0.1, 0.15) is 30.9 Å². The van der Waals surface area contributed by atoms with Gasteiger partial charge in [-0.15, -0.1) is 0 Å². The number of benzene rings is 1. The van der Waals surface area contributed by atoms with Gasteiger partial charge >= 0.3 is 0 Å². The number of nitrogens with zero attached hydrogens (tertiary/aromatic N) is 2. The molecular weight excluding hydrogens is 282 g/mol. The second kappa shape index (κ2) is 8.14. The average molecular weight is 310 g/mol. The van der Waals surface area contributed by atoms with Gasteiger partial charge in [0.25, 0.3) is 0 Å². The molecule has 1 N–H and O–H groups in total. The molecule has 0 aliphatic carbocycles. The molecule has 21 heavy (non-hydrogen) atoms. The standard InChI is InChI=1S/C17H28ClN3/c1-19-17(15-8-4-5-9-16(15)18)10-12-21-11-6-7-14(13-21)20(2)3/h4-5,8-9,14,17,19H,6-7,10-13H2,1-3H3. The quantitative estimate of drug-likeness (QED) is 0.871. The Kier molecular flexibility index (Phi) is 6.49. The topological polar surface area (TPSA) is 18.5 Å². The monoisotopic (exact) mass is 309 g/mol. The summed E-state index contributed by atoms with van der Waals surface area (Å²) in [5, 5.41) is 4.27. The maximum Gasteiger partial charge on any atom is 0.0453 e. The largest absolute Gasteiger partial charge is 0.313 e. The Bertz CT molecular complexity index is 436. The molecule has 0 saturated carbocycles. The SMILES string of the molecule is CNC(CCN1CCCC(N(C)C)C1)c1ccccc1Cl. The van der Waals surface area contributed by atoms with E-state index in [0.29, 0.717) is 12.1 Å². The van der Waals surface area contributed by atoms with Crippen molar-refractivity contribution in [2.75, 3.05) is 40.8 Å². The number of nitrogens with one attached hydrogen (secondary N) is 1. The minimum atomic E-state index is 0.332. The first kappa shape index (κ1) is 16.8. The van der Waals surface area contributed by atoms with Crippen molar-refractivity contribution in [2.24, 2.45) is 0 Å². The number of hydrogen-bond donors (Lipinski definition) is 1. The van der Waals surface area contributed by atoms with Crippen LogP contribution in [0.25, 0.3) is 0 Å². The smallest absolute Gasteiger partial charge is 0.0453 e. The molecule has 118 valence electrons. The van der Waals surface area contributed by atoms with E-state index in [1.807, 2.05) is 19.2 Å². The zero-order chi connectivity index (χ0) is 15.2. The van der Waals surface area contributed by atoms with Crippen molar-refractivity contribution in [1.82, 2.24) is 15.1 Å². The van der Waals surface area contributed by atoms with Crippen molar-refractivity contribution in [3.05, 3.63) is 34.9 Å². The van der Waals surface area contributed by atoms with E-state index in [0.717, 1.165) is 18.0 Å². The molecule has 1 heterocycles. The van der Waals surface area contributed by atoms with Crippen molar-refractivity contribution in [3.63, 3.8) is 0 Å². The first-order valence-corrected chi connectivity index (χ1v) is 8.30. The number of hydrogen-bond acceptors (Lipinski definition) is 3. The molecule has 1 fully saturated rings. The highest BCUT2D eigenvalue weighted by atomic mass is 35.5. The van der Waals surface area contributed by atoms with E-state index in [-0.39, 0.29) is 0 Å². The van der Waals surface area contributed by atoms with Crippen LogP contribution >= 0.6 is 11.6 Å². The first-order chi connectivity index (χ1) is 10.1. The highest BCUT2D eigenvalue weighted by Gasteiger charge is 2.22. The van der Waals surface area contributed by atoms with Gasteiger partial charge in [0.1, 0.15) is 0 Å². The Hall–Kier alpha value is -0.610. The van der Waals surface area contributed by atoms with E-state index >= 15 is 0 Å². The number of likely N-dealkylation sites (N-methyl/N-ethyl adjacent to an activating group) is 1. The van der Waals surface area contributed by atoms with E-state index in [9.17, 15) is 0 Å². The van der Waals surface area contributed by atoms with Crippen molar-refractivity contribution < 1.29 is 0 Å². The van der Waals surface area contributed by atoms with Gasteiger partial charge in [0.15, 0.2) is 0 Å². The molecule has 0 radical (unpaired) electrons. The third-order valence-electron chi connectivity index (χ3n) is 4.57. The lowest BCUT2D eigenvalue weighted by Gasteiger charge is -2.36. The fourth-order valence-electron chi connectivity index (χ4n) is 3.18. The lowest BCUT2D eigenvalue weighted by molar-refractivity contribution is 0.129. The molecule has 1 saturated heterocycles. The van der Waals surface area contributed by atoms with Crippen LogP contribution in [0.15, 0.2) is 24.3 Å². The molecule has 0 spiro atoms. The summed E-state index contributed by atoms with van der Waals surface area (Å²) in [5.74, 6) is 0. The summed E-state index contributed by atoms with van der Waals surface area (Å²) in [7, 11) is 6.40. The molecular formula is C17H28ClN3. The van der Waals surface area contributed by atoms with Crippen LogP contribution in [0, 0.1) is 0 Å². The van der Waals surface area contributed by atoms with Gasteiger partial charge in [-0.1, -0.05) is 29.8 Å². The summed E-state index contributed by atoms with van der Waals surface area (Å²) in [6.45, 7) is 3.54. The van der Waals surface area contributed by atoms with Crippen molar-refractivity contribution in [1.29, 1.82) is 0 Å². The first-order valence-electron chi connectivity index (χ1n) is 7.92. The second-order valence-corrected chi connectivity index (χ2v) is 6.62. The van der Waals surface area contributed by atoms with Crippen molar-refractivity contribution in [2.45, 2.75) is 31.3 Å². The van der Waals surface area contributed by atoms with E-state index in [4.69, 9.17) is 11.6 Å².